The molecule has 0 spiro atoms. The highest BCUT2D eigenvalue weighted by Gasteiger charge is 2.35. The van der Waals surface area contributed by atoms with Crippen molar-refractivity contribution in [2.75, 3.05) is 0 Å². The summed E-state index contributed by atoms with van der Waals surface area (Å²) in [5.74, 6) is 0. The first-order chi connectivity index (χ1) is 10.5. The Morgan fingerprint density at radius 2 is 1.77 bits per heavy atom. The van der Waals surface area contributed by atoms with Gasteiger partial charge in [-0.25, -0.2) is 4.99 Å². The largest absolute Gasteiger partial charge is 0.376 e. The van der Waals surface area contributed by atoms with Gasteiger partial charge in [0.15, 0.2) is 0 Å². The lowest BCUT2D eigenvalue weighted by molar-refractivity contribution is 0.128. The number of rotatable bonds is 5. The molecule has 0 heterocycles. The monoisotopic (exact) mass is 292 g/mol. The van der Waals surface area contributed by atoms with E-state index in [0.717, 1.165) is 28.6 Å². The molecule has 1 atom stereocenters. The molecule has 0 saturated heterocycles. The fraction of sp³-hybridized carbons (Fsp3) is 0.158. The molecule has 0 aliphatic heterocycles. The van der Waals surface area contributed by atoms with Crippen LogP contribution in [0.5, 0.6) is 0 Å². The maximum absolute atomic E-state index is 11.5. The molecular formula is C19H20N2O. The van der Waals surface area contributed by atoms with E-state index in [1.54, 1.807) is 0 Å². The lowest BCUT2D eigenvalue weighted by Crippen LogP contribution is -2.31. The predicted octanol–water partition coefficient (Wildman–Crippen LogP) is 3.77. The summed E-state index contributed by atoms with van der Waals surface area (Å²) in [6.07, 6.45) is 2.36. The minimum Gasteiger partial charge on any atom is -0.376 e. The van der Waals surface area contributed by atoms with Gasteiger partial charge in [0.2, 0.25) is 0 Å². The van der Waals surface area contributed by atoms with E-state index < -0.39 is 5.60 Å². The first-order valence-corrected chi connectivity index (χ1v) is 7.07. The van der Waals surface area contributed by atoms with Crippen LogP contribution in [0.15, 0.2) is 65.7 Å². The zero-order chi connectivity index (χ0) is 16.2. The molecule has 0 aromatic heterocycles. The van der Waals surface area contributed by atoms with Crippen LogP contribution in [0.25, 0.3) is 0 Å². The Balaban J connectivity index is 2.66. The summed E-state index contributed by atoms with van der Waals surface area (Å²) in [6, 6.07) is 15.4. The van der Waals surface area contributed by atoms with Crippen molar-refractivity contribution in [2.24, 2.45) is 4.99 Å². The van der Waals surface area contributed by atoms with E-state index in [0.29, 0.717) is 5.57 Å². The second-order valence-corrected chi connectivity index (χ2v) is 5.32. The fourth-order valence-electron chi connectivity index (χ4n) is 2.51. The normalized spacial score (nSPS) is 13.8. The van der Waals surface area contributed by atoms with E-state index in [4.69, 9.17) is 5.41 Å². The Morgan fingerprint density at radius 1 is 1.14 bits per heavy atom. The molecule has 2 N–H and O–H groups in total. The predicted molar refractivity (Wildman–Crippen MR) is 91.8 cm³/mol. The molecule has 0 bridgehead atoms. The Kier molecular flexibility index (Phi) is 4.68. The van der Waals surface area contributed by atoms with Crippen molar-refractivity contribution in [3.63, 3.8) is 0 Å². The summed E-state index contributed by atoms with van der Waals surface area (Å²) in [5, 5.41) is 18.5. The average molecular weight is 292 g/mol. The highest BCUT2D eigenvalue weighted by atomic mass is 16.3. The molecule has 0 fully saturated rings. The number of aliphatic imine (C=N–C) groups is 1. The average Bonchev–Trinajstić information content (AvgIpc) is 2.53. The maximum Gasteiger partial charge on any atom is 0.141 e. The molecule has 1 unspecified atom stereocenters. The Bertz CT molecular complexity index is 716. The first-order valence-electron chi connectivity index (χ1n) is 7.07. The van der Waals surface area contributed by atoms with Gasteiger partial charge in [0.05, 0.1) is 0 Å². The van der Waals surface area contributed by atoms with Crippen LogP contribution in [0.4, 0.5) is 0 Å². The molecule has 3 nitrogen and oxygen atoms in total. The molecule has 0 aliphatic carbocycles. The van der Waals surface area contributed by atoms with Crippen molar-refractivity contribution in [1.29, 1.82) is 5.41 Å². The highest BCUT2D eigenvalue weighted by Crippen LogP contribution is 2.37. The maximum atomic E-state index is 11.5. The molecular weight excluding hydrogens is 272 g/mol. The quantitative estimate of drug-likeness (QED) is 0.639. The Morgan fingerprint density at radius 3 is 2.36 bits per heavy atom. The number of aliphatic hydroxyl groups is 1. The van der Waals surface area contributed by atoms with Gasteiger partial charge in [0.25, 0.3) is 0 Å². The standard InChI is InChI=1S/C19H20N2O/c1-14-8-10-17(11-9-14)19(22,16(3)12-21-13-20)18-7-5-4-6-15(18)2/h4-13,20,22H,3H2,1-2H3. The first kappa shape index (κ1) is 15.9. The second kappa shape index (κ2) is 6.50. The molecule has 22 heavy (non-hydrogen) atoms. The van der Waals surface area contributed by atoms with Gasteiger partial charge in [0.1, 0.15) is 11.9 Å². The van der Waals surface area contributed by atoms with E-state index in [-0.39, 0.29) is 0 Å². The van der Waals surface area contributed by atoms with Crippen molar-refractivity contribution in [3.8, 4) is 0 Å². The van der Waals surface area contributed by atoms with Gasteiger partial charge in [0, 0.05) is 11.8 Å². The van der Waals surface area contributed by atoms with Gasteiger partial charge < -0.3 is 5.11 Å². The summed E-state index contributed by atoms with van der Waals surface area (Å²) >= 11 is 0. The molecule has 2 rings (SSSR count). The topological polar surface area (TPSA) is 56.4 Å². The second-order valence-electron chi connectivity index (χ2n) is 5.32. The molecule has 0 amide bonds. The van der Waals surface area contributed by atoms with Crippen molar-refractivity contribution in [3.05, 3.63) is 82.9 Å². The fourth-order valence-corrected chi connectivity index (χ4v) is 2.51. The minimum absolute atomic E-state index is 0.425. The summed E-state index contributed by atoms with van der Waals surface area (Å²) in [7, 11) is 0. The lowest BCUT2D eigenvalue weighted by atomic mass is 9.79. The molecule has 2 aromatic carbocycles. The van der Waals surface area contributed by atoms with Crippen molar-refractivity contribution in [2.45, 2.75) is 19.4 Å². The smallest absolute Gasteiger partial charge is 0.141 e. The van der Waals surface area contributed by atoms with Crippen LogP contribution >= 0.6 is 0 Å². The van der Waals surface area contributed by atoms with Crippen molar-refractivity contribution < 1.29 is 5.11 Å². The van der Waals surface area contributed by atoms with Gasteiger partial charge in [-0.1, -0.05) is 60.7 Å². The van der Waals surface area contributed by atoms with Gasteiger partial charge in [-0.15, -0.1) is 0 Å². The Hall–Kier alpha value is -2.52. The zero-order valence-corrected chi connectivity index (χ0v) is 12.9. The summed E-state index contributed by atoms with van der Waals surface area (Å²) in [5.41, 5.74) is 2.64. The van der Waals surface area contributed by atoms with E-state index in [9.17, 15) is 5.11 Å². The molecule has 112 valence electrons. The number of nitrogens with one attached hydrogen (secondary N) is 1. The lowest BCUT2D eigenvalue weighted by Gasteiger charge is -2.31. The zero-order valence-electron chi connectivity index (χ0n) is 12.9. The van der Waals surface area contributed by atoms with E-state index in [2.05, 4.69) is 11.6 Å². The van der Waals surface area contributed by atoms with E-state index in [1.165, 1.54) is 6.21 Å². The number of nitrogens with zero attached hydrogens (tertiary/aromatic N) is 1. The van der Waals surface area contributed by atoms with Gasteiger partial charge in [-0.05, 0) is 30.5 Å². The van der Waals surface area contributed by atoms with Gasteiger partial charge in [-0.3, -0.25) is 5.41 Å². The number of benzene rings is 2. The molecule has 2 aromatic rings. The number of hydrogen-bond acceptors (Lipinski definition) is 2. The number of hydrogen-bond donors (Lipinski definition) is 2. The summed E-state index contributed by atoms with van der Waals surface area (Å²) in [6.45, 7) is 7.93. The van der Waals surface area contributed by atoms with Gasteiger partial charge >= 0.3 is 0 Å². The Labute approximate surface area is 131 Å². The van der Waals surface area contributed by atoms with Crippen LogP contribution in [-0.2, 0) is 5.60 Å². The van der Waals surface area contributed by atoms with Crippen LogP contribution in [-0.4, -0.2) is 17.7 Å². The molecule has 0 radical (unpaired) electrons. The van der Waals surface area contributed by atoms with E-state index >= 15 is 0 Å². The number of aryl methyl sites for hydroxylation is 2. The van der Waals surface area contributed by atoms with Crippen LogP contribution in [0.3, 0.4) is 0 Å². The van der Waals surface area contributed by atoms with Crippen molar-refractivity contribution in [1.82, 2.24) is 0 Å². The summed E-state index contributed by atoms with van der Waals surface area (Å²) < 4.78 is 0. The molecule has 0 saturated carbocycles. The third-order valence-electron chi connectivity index (χ3n) is 3.77. The third kappa shape index (κ3) is 2.90. The van der Waals surface area contributed by atoms with Crippen LogP contribution in [0, 0.1) is 19.3 Å². The van der Waals surface area contributed by atoms with Crippen LogP contribution < -0.4 is 0 Å². The SMILES string of the molecule is C=C(C=NC=N)C(O)(c1ccc(C)cc1)c1ccccc1C. The highest BCUT2D eigenvalue weighted by molar-refractivity contribution is 5.87. The van der Waals surface area contributed by atoms with Gasteiger partial charge in [-0.2, -0.15) is 0 Å². The summed E-state index contributed by atoms with van der Waals surface area (Å²) in [4.78, 5) is 3.79. The molecule has 0 aliphatic rings. The van der Waals surface area contributed by atoms with E-state index in [1.807, 2.05) is 62.4 Å². The minimum atomic E-state index is -1.37. The van der Waals surface area contributed by atoms with Crippen LogP contribution in [0.2, 0.25) is 0 Å². The van der Waals surface area contributed by atoms with Crippen molar-refractivity contribution >= 4 is 12.6 Å². The molecule has 3 heteroatoms. The van der Waals surface area contributed by atoms with Crippen LogP contribution in [0.1, 0.15) is 22.3 Å². The third-order valence-corrected chi connectivity index (χ3v) is 3.77.